The molecular formula is C21H22ClFN4O4S3. The van der Waals surface area contributed by atoms with Gasteiger partial charge in [-0.25, -0.2) is 22.6 Å². The molecule has 1 atom stereocenters. The smallest absolute Gasteiger partial charge is 0.427 e. The van der Waals surface area contributed by atoms with E-state index in [2.05, 4.69) is 28.9 Å². The summed E-state index contributed by atoms with van der Waals surface area (Å²) < 4.78 is 41.1. The number of carbonyl (C=O) groups is 1. The number of hydrogen-bond acceptors (Lipinski definition) is 8. The Morgan fingerprint density at radius 1 is 1.38 bits per heavy atom. The fourth-order valence-corrected chi connectivity index (χ4v) is 7.17. The molecule has 0 spiro atoms. The quantitative estimate of drug-likeness (QED) is 0.452. The van der Waals surface area contributed by atoms with Gasteiger partial charge in [-0.15, -0.1) is 27.0 Å². The zero-order valence-corrected chi connectivity index (χ0v) is 21.5. The van der Waals surface area contributed by atoms with Gasteiger partial charge in [0.25, 0.3) is 10.0 Å². The largest absolute Gasteiger partial charge is 0.464 e. The van der Waals surface area contributed by atoms with Crippen molar-refractivity contribution in [3.8, 4) is 0 Å². The number of rotatable bonds is 7. The van der Waals surface area contributed by atoms with E-state index in [-0.39, 0.29) is 21.2 Å². The molecule has 1 fully saturated rings. The van der Waals surface area contributed by atoms with E-state index in [0.717, 1.165) is 49.5 Å². The van der Waals surface area contributed by atoms with Gasteiger partial charge in [-0.1, -0.05) is 11.6 Å². The first-order valence-electron chi connectivity index (χ1n) is 10.2. The van der Waals surface area contributed by atoms with Crippen LogP contribution in [0.4, 0.5) is 20.7 Å². The van der Waals surface area contributed by atoms with Crippen LogP contribution in [0.5, 0.6) is 0 Å². The Morgan fingerprint density at radius 2 is 2.15 bits per heavy atom. The van der Waals surface area contributed by atoms with Gasteiger partial charge in [-0.2, -0.15) is 0 Å². The highest BCUT2D eigenvalue weighted by molar-refractivity contribution is 7.93. The van der Waals surface area contributed by atoms with E-state index in [1.165, 1.54) is 20.6 Å². The third-order valence-corrected chi connectivity index (χ3v) is 9.23. The third kappa shape index (κ3) is 4.91. The van der Waals surface area contributed by atoms with Gasteiger partial charge in [0.15, 0.2) is 5.82 Å². The van der Waals surface area contributed by atoms with Crippen LogP contribution in [0.3, 0.4) is 0 Å². The van der Waals surface area contributed by atoms with Gasteiger partial charge in [0.05, 0.1) is 16.2 Å². The highest BCUT2D eigenvalue weighted by atomic mass is 35.5. The molecule has 1 saturated heterocycles. The molecule has 2 aromatic heterocycles. The Kier molecular flexibility index (Phi) is 7.15. The van der Waals surface area contributed by atoms with E-state index < -0.39 is 26.8 Å². The summed E-state index contributed by atoms with van der Waals surface area (Å²) in [4.78, 5) is 21.3. The first-order chi connectivity index (χ1) is 16.1. The normalized spacial score (nSPS) is 16.6. The molecule has 1 amide bonds. The van der Waals surface area contributed by atoms with Crippen molar-refractivity contribution in [2.24, 2.45) is 0 Å². The number of sulfonamides is 1. The number of nitrogens with zero attached hydrogens (tertiary/aromatic N) is 4. The van der Waals surface area contributed by atoms with Gasteiger partial charge >= 0.3 is 6.09 Å². The van der Waals surface area contributed by atoms with Crippen molar-refractivity contribution >= 4 is 61.9 Å². The topological polar surface area (TPSA) is 94.1 Å². The third-order valence-electron chi connectivity index (χ3n) is 5.67. The lowest BCUT2D eigenvalue weighted by Crippen LogP contribution is -2.37. The summed E-state index contributed by atoms with van der Waals surface area (Å²) in [5, 5.41) is 10.7. The molecule has 8 nitrogen and oxygen atoms in total. The number of carboxylic acid groups (broad SMARTS) is 1. The number of amides is 1. The van der Waals surface area contributed by atoms with Gasteiger partial charge in [0.1, 0.15) is 10.7 Å². The Balaban J connectivity index is 1.56. The number of anilines is 2. The highest BCUT2D eigenvalue weighted by Crippen LogP contribution is 2.35. The maximum atomic E-state index is 15.1. The van der Waals surface area contributed by atoms with Gasteiger partial charge in [0, 0.05) is 53.9 Å². The minimum atomic E-state index is -4.79. The molecule has 0 unspecified atom stereocenters. The van der Waals surface area contributed by atoms with E-state index in [4.69, 9.17) is 11.6 Å². The van der Waals surface area contributed by atoms with Crippen molar-refractivity contribution in [1.82, 2.24) is 9.88 Å². The molecule has 3 heterocycles. The second-order valence-corrected chi connectivity index (χ2v) is 12.2. The number of thiophene rings is 1. The molecule has 0 bridgehead atoms. The van der Waals surface area contributed by atoms with Crippen LogP contribution in [0.1, 0.15) is 16.2 Å². The average molecular weight is 545 g/mol. The minimum Gasteiger partial charge on any atom is -0.464 e. The summed E-state index contributed by atoms with van der Waals surface area (Å²) in [5.74, 6) is -1.42. The van der Waals surface area contributed by atoms with E-state index >= 15 is 4.39 Å². The first kappa shape index (κ1) is 24.9. The van der Waals surface area contributed by atoms with Crippen molar-refractivity contribution < 1.29 is 22.7 Å². The summed E-state index contributed by atoms with van der Waals surface area (Å²) in [7, 11) is -3.00. The number of benzene rings is 1. The molecule has 182 valence electrons. The second-order valence-electron chi connectivity index (χ2n) is 7.93. The van der Waals surface area contributed by atoms with Gasteiger partial charge in [-0.05, 0) is 31.5 Å². The van der Waals surface area contributed by atoms with Gasteiger partial charge in [-0.3, -0.25) is 4.90 Å². The SMILES string of the molecule is Cc1ccc(CN2CC[C@H](N(C)c3cc(F)c(S(=O)(=O)N(C(=O)O)c4cscn4)cc3Cl)C2)s1. The summed E-state index contributed by atoms with van der Waals surface area (Å²) in [6.07, 6.45) is -0.954. The zero-order chi connectivity index (χ0) is 24.6. The van der Waals surface area contributed by atoms with E-state index in [1.54, 1.807) is 18.4 Å². The Labute approximate surface area is 209 Å². The van der Waals surface area contributed by atoms with Crippen LogP contribution < -0.4 is 9.21 Å². The molecule has 0 saturated carbocycles. The fraction of sp³-hybridized carbons (Fsp3) is 0.333. The molecule has 1 aliphatic rings. The molecule has 34 heavy (non-hydrogen) atoms. The number of halogens is 2. The number of likely N-dealkylation sites (N-methyl/N-ethyl adjacent to an activating group) is 1. The Bertz CT molecular complexity index is 1300. The minimum absolute atomic E-state index is 0.0124. The zero-order valence-electron chi connectivity index (χ0n) is 18.3. The lowest BCUT2D eigenvalue weighted by molar-refractivity contribution is 0.206. The lowest BCUT2D eigenvalue weighted by atomic mass is 10.2. The molecule has 1 N–H and O–H groups in total. The summed E-state index contributed by atoms with van der Waals surface area (Å²) >= 11 is 9.17. The fourth-order valence-electron chi connectivity index (χ4n) is 3.97. The van der Waals surface area contributed by atoms with Crippen LogP contribution in [0.15, 0.2) is 40.1 Å². The summed E-state index contributed by atoms with van der Waals surface area (Å²) in [5.41, 5.74) is 1.62. The molecule has 1 aliphatic heterocycles. The van der Waals surface area contributed by atoms with E-state index in [1.807, 2.05) is 4.90 Å². The molecule has 0 radical (unpaired) electrons. The molecule has 4 rings (SSSR count). The van der Waals surface area contributed by atoms with Crippen molar-refractivity contribution in [1.29, 1.82) is 0 Å². The number of hydrogen-bond donors (Lipinski definition) is 1. The molecular weight excluding hydrogens is 523 g/mol. The maximum Gasteiger partial charge on any atom is 0.427 e. The van der Waals surface area contributed by atoms with Crippen LogP contribution in [0.2, 0.25) is 5.02 Å². The van der Waals surface area contributed by atoms with E-state index in [9.17, 15) is 18.3 Å². The van der Waals surface area contributed by atoms with E-state index in [0.29, 0.717) is 5.69 Å². The number of thiazole rings is 1. The first-order valence-corrected chi connectivity index (χ1v) is 13.8. The highest BCUT2D eigenvalue weighted by Gasteiger charge is 2.36. The Morgan fingerprint density at radius 3 is 2.76 bits per heavy atom. The standard InChI is InChI=1S/C21H22ClFN4O4S3/c1-13-3-4-15(33-13)10-26-6-5-14(9-26)25(2)18-8-17(23)19(7-16(18)22)34(30,31)27(21(28)29)20-11-32-12-24-20/h3-4,7-8,11-12,14H,5-6,9-10H2,1-2H3,(H,28,29)/t14-/m0/s1. The molecule has 3 aromatic rings. The number of likely N-dealkylation sites (tertiary alicyclic amines) is 1. The van der Waals surface area contributed by atoms with Crippen LogP contribution in [0.25, 0.3) is 0 Å². The van der Waals surface area contributed by atoms with Crippen molar-refractivity contribution in [2.75, 3.05) is 29.3 Å². The molecule has 0 aliphatic carbocycles. The van der Waals surface area contributed by atoms with Crippen molar-refractivity contribution in [2.45, 2.75) is 30.8 Å². The predicted octanol–water partition coefficient (Wildman–Crippen LogP) is 4.89. The van der Waals surface area contributed by atoms with Crippen molar-refractivity contribution in [3.63, 3.8) is 0 Å². The van der Waals surface area contributed by atoms with Crippen LogP contribution in [-0.4, -0.2) is 55.7 Å². The van der Waals surface area contributed by atoms with Gasteiger partial charge < -0.3 is 10.0 Å². The predicted molar refractivity (Wildman–Crippen MR) is 132 cm³/mol. The summed E-state index contributed by atoms with van der Waals surface area (Å²) in [6.45, 7) is 4.53. The average Bonchev–Trinajstić information content (AvgIpc) is 3.52. The second kappa shape index (κ2) is 9.78. The van der Waals surface area contributed by atoms with Crippen LogP contribution in [-0.2, 0) is 16.6 Å². The van der Waals surface area contributed by atoms with Crippen LogP contribution >= 0.6 is 34.3 Å². The monoisotopic (exact) mass is 544 g/mol. The van der Waals surface area contributed by atoms with Crippen LogP contribution in [0, 0.1) is 12.7 Å². The lowest BCUT2D eigenvalue weighted by Gasteiger charge is -2.28. The molecule has 1 aromatic carbocycles. The molecule has 13 heteroatoms. The number of aryl methyl sites for hydroxylation is 1. The van der Waals surface area contributed by atoms with Gasteiger partial charge in [0.2, 0.25) is 0 Å². The number of aromatic nitrogens is 1. The summed E-state index contributed by atoms with van der Waals surface area (Å²) in [6, 6.07) is 6.28. The van der Waals surface area contributed by atoms with Crippen molar-refractivity contribution in [3.05, 3.63) is 55.8 Å². The maximum absolute atomic E-state index is 15.1. The Hall–Kier alpha value is -2.25.